The van der Waals surface area contributed by atoms with E-state index in [-0.39, 0.29) is 5.88 Å². The molecule has 1 heterocycles. The van der Waals surface area contributed by atoms with Crippen molar-refractivity contribution in [1.82, 2.24) is 10.2 Å². The molecule has 0 N–H and O–H groups in total. The highest BCUT2D eigenvalue weighted by atomic mass is 35.5. The van der Waals surface area contributed by atoms with Gasteiger partial charge in [-0.05, 0) is 12.8 Å². The van der Waals surface area contributed by atoms with Crippen molar-refractivity contribution < 1.29 is 4.42 Å². The molecule has 15 heavy (non-hydrogen) atoms. The fourth-order valence-corrected chi connectivity index (χ4v) is 2.17. The van der Waals surface area contributed by atoms with Gasteiger partial charge in [0.15, 0.2) is 0 Å². The van der Waals surface area contributed by atoms with Crippen LogP contribution in [0.25, 0.3) is 0 Å². The number of alkyl halides is 1. The van der Waals surface area contributed by atoms with Crippen molar-refractivity contribution in [3.8, 4) is 0 Å². The maximum atomic E-state index is 5.62. The number of hydrogen-bond acceptors (Lipinski definition) is 4. The van der Waals surface area contributed by atoms with E-state index in [4.69, 9.17) is 16.0 Å². The van der Waals surface area contributed by atoms with Crippen molar-refractivity contribution in [2.75, 3.05) is 11.9 Å². The molecule has 0 unspecified atom stereocenters. The van der Waals surface area contributed by atoms with E-state index < -0.39 is 0 Å². The first-order valence-corrected chi connectivity index (χ1v) is 5.96. The van der Waals surface area contributed by atoms with E-state index in [0.717, 1.165) is 0 Å². The molecule has 1 fully saturated rings. The summed E-state index contributed by atoms with van der Waals surface area (Å²) in [5, 5.41) is 7.85. The Labute approximate surface area is 94.6 Å². The predicted octanol–water partition coefficient (Wildman–Crippen LogP) is 2.58. The summed E-state index contributed by atoms with van der Waals surface area (Å²) in [4.78, 5) is 2.09. The van der Waals surface area contributed by atoms with Gasteiger partial charge >= 0.3 is 6.01 Å². The third-order valence-corrected chi connectivity index (χ3v) is 3.22. The smallest absolute Gasteiger partial charge is 0.318 e. The zero-order valence-electron chi connectivity index (χ0n) is 8.95. The third-order valence-electron chi connectivity index (χ3n) is 2.99. The Kier molecular flexibility index (Phi) is 3.46. The molecule has 1 saturated carbocycles. The van der Waals surface area contributed by atoms with Crippen LogP contribution < -0.4 is 4.90 Å². The second-order valence-electron chi connectivity index (χ2n) is 4.01. The Morgan fingerprint density at radius 3 is 2.67 bits per heavy atom. The number of rotatable bonds is 3. The Morgan fingerprint density at radius 2 is 2.07 bits per heavy atom. The minimum Gasteiger partial charge on any atom is -0.407 e. The van der Waals surface area contributed by atoms with Crippen LogP contribution in [0.15, 0.2) is 4.42 Å². The molecule has 0 amide bonds. The summed E-state index contributed by atoms with van der Waals surface area (Å²) in [7, 11) is 2.02. The summed E-state index contributed by atoms with van der Waals surface area (Å²) in [5.41, 5.74) is 0. The van der Waals surface area contributed by atoms with Crippen molar-refractivity contribution in [3.05, 3.63) is 5.89 Å². The lowest BCUT2D eigenvalue weighted by molar-refractivity contribution is 0.401. The van der Waals surface area contributed by atoms with Crippen LogP contribution in [0.1, 0.15) is 38.0 Å². The topological polar surface area (TPSA) is 42.2 Å². The van der Waals surface area contributed by atoms with E-state index in [1.54, 1.807) is 0 Å². The van der Waals surface area contributed by atoms with Gasteiger partial charge in [0.2, 0.25) is 5.89 Å². The number of nitrogens with zero attached hydrogens (tertiary/aromatic N) is 3. The first-order chi connectivity index (χ1) is 7.31. The van der Waals surface area contributed by atoms with Gasteiger partial charge in [-0.2, -0.15) is 0 Å². The van der Waals surface area contributed by atoms with E-state index in [9.17, 15) is 0 Å². The van der Waals surface area contributed by atoms with E-state index in [1.165, 1.54) is 32.1 Å². The molecule has 0 atom stereocenters. The average molecular weight is 230 g/mol. The maximum Gasteiger partial charge on any atom is 0.318 e. The molecule has 1 aliphatic rings. The first-order valence-electron chi connectivity index (χ1n) is 5.42. The fourth-order valence-electron chi connectivity index (χ4n) is 2.07. The molecule has 1 aromatic rings. The Morgan fingerprint density at radius 1 is 1.33 bits per heavy atom. The molecule has 0 saturated heterocycles. The van der Waals surface area contributed by atoms with E-state index in [2.05, 4.69) is 15.1 Å². The van der Waals surface area contributed by atoms with Crippen LogP contribution in [-0.4, -0.2) is 23.3 Å². The molecule has 0 spiro atoms. The molecule has 0 bridgehead atoms. The van der Waals surface area contributed by atoms with E-state index in [0.29, 0.717) is 17.9 Å². The van der Waals surface area contributed by atoms with Gasteiger partial charge in [-0.1, -0.05) is 24.4 Å². The predicted molar refractivity (Wildman–Crippen MR) is 59.1 cm³/mol. The molecule has 0 radical (unpaired) electrons. The van der Waals surface area contributed by atoms with Crippen molar-refractivity contribution >= 4 is 17.6 Å². The highest BCUT2D eigenvalue weighted by Crippen LogP contribution is 2.25. The SMILES string of the molecule is CN(c1nnc(CCl)o1)C1CCCCC1. The maximum absolute atomic E-state index is 5.62. The molecular formula is C10H16ClN3O. The molecule has 84 valence electrons. The summed E-state index contributed by atoms with van der Waals surface area (Å²) >= 11 is 5.62. The molecule has 5 heteroatoms. The first kappa shape index (κ1) is 10.7. The van der Waals surface area contributed by atoms with E-state index >= 15 is 0 Å². The largest absolute Gasteiger partial charge is 0.407 e. The van der Waals surface area contributed by atoms with Crippen LogP contribution in [0.5, 0.6) is 0 Å². The number of hydrogen-bond donors (Lipinski definition) is 0. The lowest BCUT2D eigenvalue weighted by Gasteiger charge is -2.29. The second kappa shape index (κ2) is 4.84. The molecule has 0 aromatic carbocycles. The van der Waals surface area contributed by atoms with Crippen LogP contribution in [0, 0.1) is 0 Å². The van der Waals surface area contributed by atoms with Gasteiger partial charge < -0.3 is 9.32 Å². The molecule has 2 rings (SSSR count). The van der Waals surface area contributed by atoms with Crippen molar-refractivity contribution in [2.24, 2.45) is 0 Å². The van der Waals surface area contributed by atoms with Crippen LogP contribution in [0.3, 0.4) is 0 Å². The zero-order valence-corrected chi connectivity index (χ0v) is 9.70. The van der Waals surface area contributed by atoms with Gasteiger partial charge in [-0.15, -0.1) is 16.7 Å². The molecule has 0 aliphatic heterocycles. The van der Waals surface area contributed by atoms with Crippen LogP contribution in [0.4, 0.5) is 6.01 Å². The van der Waals surface area contributed by atoms with Crippen LogP contribution in [-0.2, 0) is 5.88 Å². The van der Waals surface area contributed by atoms with Gasteiger partial charge in [0.25, 0.3) is 0 Å². The summed E-state index contributed by atoms with van der Waals surface area (Å²) in [6, 6.07) is 1.14. The van der Waals surface area contributed by atoms with Gasteiger partial charge in [0.1, 0.15) is 5.88 Å². The number of halogens is 1. The minimum atomic E-state index is 0.283. The van der Waals surface area contributed by atoms with Gasteiger partial charge in [-0.3, -0.25) is 0 Å². The highest BCUT2D eigenvalue weighted by Gasteiger charge is 2.21. The minimum absolute atomic E-state index is 0.283. The van der Waals surface area contributed by atoms with Crippen LogP contribution in [0.2, 0.25) is 0 Å². The van der Waals surface area contributed by atoms with Crippen molar-refractivity contribution in [1.29, 1.82) is 0 Å². The fraction of sp³-hybridized carbons (Fsp3) is 0.800. The zero-order chi connectivity index (χ0) is 10.7. The number of aromatic nitrogens is 2. The summed E-state index contributed by atoms with van der Waals surface area (Å²) in [6.45, 7) is 0. The quantitative estimate of drug-likeness (QED) is 0.748. The Hall–Kier alpha value is -0.770. The highest BCUT2D eigenvalue weighted by molar-refractivity contribution is 6.16. The van der Waals surface area contributed by atoms with Crippen LogP contribution >= 0.6 is 11.6 Å². The Balaban J connectivity index is 2.02. The summed E-state index contributed by atoms with van der Waals surface area (Å²) in [5.74, 6) is 0.778. The Bertz CT molecular complexity index is 309. The molecular weight excluding hydrogens is 214 g/mol. The van der Waals surface area contributed by atoms with Gasteiger partial charge in [-0.25, -0.2) is 0 Å². The number of anilines is 1. The summed E-state index contributed by atoms with van der Waals surface area (Å²) in [6.07, 6.45) is 6.38. The lowest BCUT2D eigenvalue weighted by atomic mass is 9.95. The lowest BCUT2D eigenvalue weighted by Crippen LogP contribution is -2.33. The van der Waals surface area contributed by atoms with Gasteiger partial charge in [0.05, 0.1) is 0 Å². The average Bonchev–Trinajstić information content (AvgIpc) is 2.78. The molecule has 1 aromatic heterocycles. The monoisotopic (exact) mass is 229 g/mol. The van der Waals surface area contributed by atoms with Crippen molar-refractivity contribution in [2.45, 2.75) is 44.0 Å². The van der Waals surface area contributed by atoms with E-state index in [1.807, 2.05) is 7.05 Å². The second-order valence-corrected chi connectivity index (χ2v) is 4.28. The third kappa shape index (κ3) is 2.43. The molecule has 1 aliphatic carbocycles. The standard InChI is InChI=1S/C10H16ClN3O/c1-14(8-5-3-2-4-6-8)10-13-12-9(7-11)15-10/h8H,2-7H2,1H3. The van der Waals surface area contributed by atoms with Crippen molar-refractivity contribution in [3.63, 3.8) is 0 Å². The summed E-state index contributed by atoms with van der Waals surface area (Å²) < 4.78 is 5.42. The van der Waals surface area contributed by atoms with Gasteiger partial charge in [0, 0.05) is 13.1 Å². The normalized spacial score (nSPS) is 18.0. The molecule has 4 nitrogen and oxygen atoms in total.